The van der Waals surface area contributed by atoms with Crippen LogP contribution in [0.15, 0.2) is 60.7 Å². The molecular formula is C18H20N2O4. The highest BCUT2D eigenvalue weighted by molar-refractivity contribution is 5.88. The second kappa shape index (κ2) is 8.57. The predicted molar refractivity (Wildman–Crippen MR) is 90.5 cm³/mol. The first kappa shape index (κ1) is 17.3. The maximum Gasteiger partial charge on any atom is 0.414 e. The minimum atomic E-state index is -0.882. The number of hydrogen-bond donors (Lipinski definition) is 1. The van der Waals surface area contributed by atoms with Gasteiger partial charge in [0.2, 0.25) is 0 Å². The van der Waals surface area contributed by atoms with E-state index in [0.717, 1.165) is 5.56 Å². The van der Waals surface area contributed by atoms with Crippen LogP contribution in [-0.4, -0.2) is 24.8 Å². The van der Waals surface area contributed by atoms with Crippen LogP contribution in [0.2, 0.25) is 0 Å². The first-order valence-corrected chi connectivity index (χ1v) is 7.55. The minimum absolute atomic E-state index is 0.0232. The lowest BCUT2D eigenvalue weighted by Crippen LogP contribution is -2.42. The summed E-state index contributed by atoms with van der Waals surface area (Å²) in [6, 6.07) is 18.0. The van der Waals surface area contributed by atoms with Crippen LogP contribution in [0.25, 0.3) is 0 Å². The Morgan fingerprint density at radius 1 is 1.00 bits per heavy atom. The number of nitrogens with two attached hydrogens (primary N) is 1. The third-order valence-electron chi connectivity index (χ3n) is 3.34. The third kappa shape index (κ3) is 5.01. The summed E-state index contributed by atoms with van der Waals surface area (Å²) >= 11 is 0. The molecule has 0 bridgehead atoms. The van der Waals surface area contributed by atoms with Crippen molar-refractivity contribution in [2.45, 2.75) is 19.6 Å². The van der Waals surface area contributed by atoms with Gasteiger partial charge < -0.3 is 15.2 Å². The highest BCUT2D eigenvalue weighted by atomic mass is 16.6. The quantitative estimate of drug-likeness (QED) is 0.882. The largest absolute Gasteiger partial charge is 0.448 e. The maximum atomic E-state index is 12.5. The average Bonchev–Trinajstić information content (AvgIpc) is 2.60. The summed E-state index contributed by atoms with van der Waals surface area (Å²) in [5.41, 5.74) is 6.53. The number of amides is 2. The SMILES string of the molecule is C[C@@H](COC(N)=O)N(C(=O)OCc1ccccc1)c1ccccc1. The van der Waals surface area contributed by atoms with Crippen LogP contribution in [0.5, 0.6) is 0 Å². The van der Waals surface area contributed by atoms with Gasteiger partial charge in [-0.05, 0) is 24.6 Å². The van der Waals surface area contributed by atoms with E-state index in [1.807, 2.05) is 48.5 Å². The van der Waals surface area contributed by atoms with Crippen LogP contribution in [-0.2, 0) is 16.1 Å². The molecule has 2 amide bonds. The molecule has 0 spiro atoms. The van der Waals surface area contributed by atoms with Crippen LogP contribution in [0, 0.1) is 0 Å². The fourth-order valence-electron chi connectivity index (χ4n) is 2.19. The summed E-state index contributed by atoms with van der Waals surface area (Å²) in [5, 5.41) is 0. The molecule has 126 valence electrons. The number of carbonyl (C=O) groups excluding carboxylic acids is 2. The van der Waals surface area contributed by atoms with Crippen molar-refractivity contribution < 1.29 is 19.1 Å². The monoisotopic (exact) mass is 328 g/mol. The van der Waals surface area contributed by atoms with Crippen molar-refractivity contribution in [2.24, 2.45) is 5.73 Å². The third-order valence-corrected chi connectivity index (χ3v) is 3.34. The van der Waals surface area contributed by atoms with Crippen molar-refractivity contribution in [1.82, 2.24) is 0 Å². The molecule has 6 heteroatoms. The van der Waals surface area contributed by atoms with E-state index < -0.39 is 18.2 Å². The molecule has 2 aromatic rings. The molecule has 2 rings (SSSR count). The number of ether oxygens (including phenoxy) is 2. The van der Waals surface area contributed by atoms with Crippen molar-refractivity contribution in [3.63, 3.8) is 0 Å². The van der Waals surface area contributed by atoms with Gasteiger partial charge in [-0.1, -0.05) is 48.5 Å². The number of rotatable bonds is 6. The lowest BCUT2D eigenvalue weighted by Gasteiger charge is -2.28. The molecule has 0 aromatic heterocycles. The molecule has 0 unspecified atom stereocenters. The number of nitrogens with zero attached hydrogens (tertiary/aromatic N) is 1. The predicted octanol–water partition coefficient (Wildman–Crippen LogP) is 3.31. The summed E-state index contributed by atoms with van der Waals surface area (Å²) in [5.74, 6) is 0. The van der Waals surface area contributed by atoms with E-state index in [2.05, 4.69) is 0 Å². The maximum absolute atomic E-state index is 12.5. The summed E-state index contributed by atoms with van der Waals surface area (Å²) in [6.07, 6.45) is -1.40. The summed E-state index contributed by atoms with van der Waals surface area (Å²) in [6.45, 7) is 1.89. The minimum Gasteiger partial charge on any atom is -0.448 e. The lowest BCUT2D eigenvalue weighted by atomic mass is 10.2. The van der Waals surface area contributed by atoms with Crippen molar-refractivity contribution in [1.29, 1.82) is 0 Å². The molecule has 0 heterocycles. The number of anilines is 1. The molecule has 24 heavy (non-hydrogen) atoms. The van der Waals surface area contributed by atoms with Gasteiger partial charge in [0.25, 0.3) is 0 Å². The number of carbonyl (C=O) groups is 2. The average molecular weight is 328 g/mol. The first-order chi connectivity index (χ1) is 11.6. The molecule has 0 aliphatic heterocycles. The Bertz CT molecular complexity index is 661. The van der Waals surface area contributed by atoms with Gasteiger partial charge in [0.1, 0.15) is 13.2 Å². The summed E-state index contributed by atoms with van der Waals surface area (Å²) in [7, 11) is 0. The van der Waals surface area contributed by atoms with E-state index in [9.17, 15) is 9.59 Å². The molecule has 2 aromatic carbocycles. The Balaban J connectivity index is 2.09. The number of hydrogen-bond acceptors (Lipinski definition) is 4. The second-order valence-electron chi connectivity index (χ2n) is 5.22. The molecule has 0 aliphatic carbocycles. The number of benzene rings is 2. The molecule has 0 fully saturated rings. The Morgan fingerprint density at radius 2 is 1.58 bits per heavy atom. The second-order valence-corrected chi connectivity index (χ2v) is 5.22. The van der Waals surface area contributed by atoms with Crippen molar-refractivity contribution >= 4 is 17.9 Å². The Morgan fingerprint density at radius 3 is 2.17 bits per heavy atom. The van der Waals surface area contributed by atoms with Gasteiger partial charge in [-0.3, -0.25) is 4.90 Å². The molecule has 0 saturated heterocycles. The van der Waals surface area contributed by atoms with E-state index in [1.54, 1.807) is 19.1 Å². The van der Waals surface area contributed by atoms with Crippen molar-refractivity contribution in [3.8, 4) is 0 Å². The topological polar surface area (TPSA) is 81.9 Å². The number of primary amides is 1. The van der Waals surface area contributed by atoms with E-state index in [-0.39, 0.29) is 13.2 Å². The van der Waals surface area contributed by atoms with Crippen LogP contribution >= 0.6 is 0 Å². The highest BCUT2D eigenvalue weighted by Gasteiger charge is 2.24. The normalized spacial score (nSPS) is 11.4. The Hall–Kier alpha value is -3.02. The fraction of sp³-hybridized carbons (Fsp3) is 0.222. The van der Waals surface area contributed by atoms with Gasteiger partial charge in [0.15, 0.2) is 0 Å². The zero-order chi connectivity index (χ0) is 17.4. The van der Waals surface area contributed by atoms with Gasteiger partial charge in [-0.25, -0.2) is 9.59 Å². The summed E-state index contributed by atoms with van der Waals surface area (Å²) < 4.78 is 10.2. The van der Waals surface area contributed by atoms with Crippen molar-refractivity contribution in [2.75, 3.05) is 11.5 Å². The van der Waals surface area contributed by atoms with Gasteiger partial charge in [0.05, 0.1) is 6.04 Å². The van der Waals surface area contributed by atoms with Crippen LogP contribution in [0.1, 0.15) is 12.5 Å². The Labute approximate surface area is 140 Å². The van der Waals surface area contributed by atoms with Crippen LogP contribution in [0.3, 0.4) is 0 Å². The standard InChI is InChI=1S/C18H20N2O4/c1-14(12-23-17(19)21)20(16-10-6-3-7-11-16)18(22)24-13-15-8-4-2-5-9-15/h2-11,14H,12-13H2,1H3,(H2,19,21)/t14-/m0/s1. The molecule has 0 radical (unpaired) electrons. The molecule has 2 N–H and O–H groups in total. The van der Waals surface area contributed by atoms with E-state index in [0.29, 0.717) is 5.69 Å². The zero-order valence-corrected chi connectivity index (χ0v) is 13.4. The van der Waals surface area contributed by atoms with E-state index >= 15 is 0 Å². The van der Waals surface area contributed by atoms with Gasteiger partial charge in [0, 0.05) is 5.69 Å². The number of para-hydroxylation sites is 1. The zero-order valence-electron chi connectivity index (χ0n) is 13.4. The van der Waals surface area contributed by atoms with E-state index in [4.69, 9.17) is 15.2 Å². The smallest absolute Gasteiger partial charge is 0.414 e. The summed E-state index contributed by atoms with van der Waals surface area (Å²) in [4.78, 5) is 24.8. The van der Waals surface area contributed by atoms with E-state index in [1.165, 1.54) is 4.90 Å². The van der Waals surface area contributed by atoms with Crippen LogP contribution < -0.4 is 10.6 Å². The fourth-order valence-corrected chi connectivity index (χ4v) is 2.19. The molecular weight excluding hydrogens is 308 g/mol. The van der Waals surface area contributed by atoms with Gasteiger partial charge >= 0.3 is 12.2 Å². The lowest BCUT2D eigenvalue weighted by molar-refractivity contribution is 0.131. The van der Waals surface area contributed by atoms with Gasteiger partial charge in [-0.15, -0.1) is 0 Å². The first-order valence-electron chi connectivity index (χ1n) is 7.55. The Kier molecular flexibility index (Phi) is 6.19. The molecule has 0 aliphatic rings. The van der Waals surface area contributed by atoms with Crippen molar-refractivity contribution in [3.05, 3.63) is 66.2 Å². The van der Waals surface area contributed by atoms with Gasteiger partial charge in [-0.2, -0.15) is 0 Å². The van der Waals surface area contributed by atoms with Crippen LogP contribution in [0.4, 0.5) is 15.3 Å². The molecule has 1 atom stereocenters. The molecule has 0 saturated carbocycles. The molecule has 6 nitrogen and oxygen atoms in total. The highest BCUT2D eigenvalue weighted by Crippen LogP contribution is 2.19.